The van der Waals surface area contributed by atoms with Crippen molar-refractivity contribution in [2.75, 3.05) is 7.11 Å². The van der Waals surface area contributed by atoms with Crippen LogP contribution in [-0.2, 0) is 6.54 Å². The third kappa shape index (κ3) is 4.27. The van der Waals surface area contributed by atoms with E-state index in [1.807, 2.05) is 31.2 Å². The lowest BCUT2D eigenvalue weighted by Crippen LogP contribution is -2.18. The molecule has 3 rings (SSSR count). The number of hydrogen-bond donors (Lipinski definition) is 1. The maximum absolute atomic E-state index is 13.4. The van der Waals surface area contributed by atoms with Crippen LogP contribution in [0.15, 0.2) is 66.7 Å². The Morgan fingerprint density at radius 2 is 1.69 bits per heavy atom. The molecule has 0 aliphatic rings. The van der Waals surface area contributed by atoms with Crippen molar-refractivity contribution in [1.82, 2.24) is 5.32 Å². The van der Waals surface area contributed by atoms with Gasteiger partial charge in [0.15, 0.2) is 0 Å². The molecule has 0 saturated carbocycles. The van der Waals surface area contributed by atoms with Crippen molar-refractivity contribution in [3.8, 4) is 16.9 Å². The fourth-order valence-electron chi connectivity index (χ4n) is 2.88. The summed E-state index contributed by atoms with van der Waals surface area (Å²) in [5.74, 6) is 0.229. The first kappa shape index (κ1) is 18.1. The van der Waals surface area contributed by atoms with Gasteiger partial charge < -0.3 is 10.1 Å². The van der Waals surface area contributed by atoms with Crippen LogP contribution < -0.4 is 10.1 Å². The lowest BCUT2D eigenvalue weighted by molar-refractivity contribution is 0.416. The number of benzene rings is 3. The van der Waals surface area contributed by atoms with Crippen LogP contribution in [0.4, 0.5) is 8.78 Å². The van der Waals surface area contributed by atoms with Crippen molar-refractivity contribution >= 4 is 0 Å². The molecule has 26 heavy (non-hydrogen) atoms. The molecule has 0 aliphatic carbocycles. The van der Waals surface area contributed by atoms with Gasteiger partial charge in [-0.3, -0.25) is 0 Å². The number of hydrogen-bond acceptors (Lipinski definition) is 2. The van der Waals surface area contributed by atoms with E-state index >= 15 is 0 Å². The molecule has 134 valence electrons. The maximum atomic E-state index is 13.4. The summed E-state index contributed by atoms with van der Waals surface area (Å²) in [6.45, 7) is 2.62. The molecule has 0 radical (unpaired) electrons. The second kappa shape index (κ2) is 8.11. The summed E-state index contributed by atoms with van der Waals surface area (Å²) in [7, 11) is 1.62. The van der Waals surface area contributed by atoms with E-state index in [0.717, 1.165) is 28.0 Å². The Bertz CT molecular complexity index is 878. The summed E-state index contributed by atoms with van der Waals surface area (Å²) in [4.78, 5) is 0. The molecule has 0 amide bonds. The molecule has 0 heterocycles. The van der Waals surface area contributed by atoms with Crippen LogP contribution in [0.2, 0.25) is 0 Å². The first-order chi connectivity index (χ1) is 12.6. The van der Waals surface area contributed by atoms with E-state index in [1.54, 1.807) is 25.3 Å². The summed E-state index contributed by atoms with van der Waals surface area (Å²) in [5.41, 5.74) is 3.76. The normalized spacial score (nSPS) is 12.0. The van der Waals surface area contributed by atoms with Crippen LogP contribution in [0.3, 0.4) is 0 Å². The topological polar surface area (TPSA) is 21.3 Å². The highest BCUT2D eigenvalue weighted by Gasteiger charge is 2.10. The summed E-state index contributed by atoms with van der Waals surface area (Å²) in [6, 6.07) is 18.9. The van der Waals surface area contributed by atoms with E-state index in [-0.39, 0.29) is 17.7 Å². The molecular weight excluding hydrogens is 332 g/mol. The second-order valence-corrected chi connectivity index (χ2v) is 6.20. The van der Waals surface area contributed by atoms with Gasteiger partial charge in [-0.2, -0.15) is 0 Å². The minimum absolute atomic E-state index is 0.0158. The average Bonchev–Trinajstić information content (AvgIpc) is 2.66. The molecule has 1 N–H and O–H groups in total. The van der Waals surface area contributed by atoms with Crippen molar-refractivity contribution in [1.29, 1.82) is 0 Å². The van der Waals surface area contributed by atoms with Gasteiger partial charge in [0.1, 0.15) is 17.4 Å². The van der Waals surface area contributed by atoms with Crippen LogP contribution in [0.1, 0.15) is 24.1 Å². The van der Waals surface area contributed by atoms with Gasteiger partial charge in [-0.15, -0.1) is 0 Å². The van der Waals surface area contributed by atoms with Crippen molar-refractivity contribution in [3.63, 3.8) is 0 Å². The highest BCUT2D eigenvalue weighted by molar-refractivity contribution is 5.71. The highest BCUT2D eigenvalue weighted by atomic mass is 19.1. The van der Waals surface area contributed by atoms with E-state index < -0.39 is 0 Å². The number of rotatable bonds is 6. The SMILES string of the molecule is COc1ccc(CN[C@H](C)c2cccc(F)c2)cc1-c1ccc(F)cc1. The van der Waals surface area contributed by atoms with Gasteiger partial charge >= 0.3 is 0 Å². The Kier molecular flexibility index (Phi) is 5.64. The largest absolute Gasteiger partial charge is 0.496 e. The summed E-state index contributed by atoms with van der Waals surface area (Å²) in [6.07, 6.45) is 0. The van der Waals surface area contributed by atoms with E-state index in [2.05, 4.69) is 5.32 Å². The lowest BCUT2D eigenvalue weighted by atomic mass is 10.0. The molecule has 2 nitrogen and oxygen atoms in total. The van der Waals surface area contributed by atoms with Crippen LogP contribution in [0.25, 0.3) is 11.1 Å². The van der Waals surface area contributed by atoms with E-state index in [0.29, 0.717) is 6.54 Å². The van der Waals surface area contributed by atoms with Crippen molar-refractivity contribution < 1.29 is 13.5 Å². The summed E-state index contributed by atoms with van der Waals surface area (Å²) < 4.78 is 32.0. The fraction of sp³-hybridized carbons (Fsp3) is 0.182. The summed E-state index contributed by atoms with van der Waals surface area (Å²) >= 11 is 0. The molecule has 4 heteroatoms. The van der Waals surface area contributed by atoms with Crippen molar-refractivity contribution in [2.24, 2.45) is 0 Å². The molecular formula is C22H21F2NO. The fourth-order valence-corrected chi connectivity index (χ4v) is 2.88. The van der Waals surface area contributed by atoms with Crippen LogP contribution in [0, 0.1) is 11.6 Å². The molecule has 1 atom stereocenters. The Balaban J connectivity index is 1.78. The molecule has 0 aliphatic heterocycles. The Labute approximate surface area is 152 Å². The first-order valence-electron chi connectivity index (χ1n) is 8.48. The Hall–Kier alpha value is -2.72. The Morgan fingerprint density at radius 3 is 2.38 bits per heavy atom. The second-order valence-electron chi connectivity index (χ2n) is 6.20. The molecule has 3 aromatic carbocycles. The zero-order valence-corrected chi connectivity index (χ0v) is 14.8. The molecule has 3 aromatic rings. The highest BCUT2D eigenvalue weighted by Crippen LogP contribution is 2.31. The van der Waals surface area contributed by atoms with Gasteiger partial charge in [-0.25, -0.2) is 8.78 Å². The van der Waals surface area contributed by atoms with Crippen molar-refractivity contribution in [3.05, 3.63) is 89.5 Å². The van der Waals surface area contributed by atoms with Gasteiger partial charge in [-0.05, 0) is 60.0 Å². The van der Waals surface area contributed by atoms with E-state index in [4.69, 9.17) is 4.74 Å². The van der Waals surface area contributed by atoms with Gasteiger partial charge in [0.05, 0.1) is 7.11 Å². The zero-order valence-electron chi connectivity index (χ0n) is 14.8. The number of methoxy groups -OCH3 is 1. The molecule has 0 fully saturated rings. The Morgan fingerprint density at radius 1 is 0.923 bits per heavy atom. The van der Waals surface area contributed by atoms with Crippen LogP contribution in [-0.4, -0.2) is 7.11 Å². The minimum atomic E-state index is -0.269. The minimum Gasteiger partial charge on any atom is -0.496 e. The van der Waals surface area contributed by atoms with Gasteiger partial charge in [0.25, 0.3) is 0 Å². The average molecular weight is 353 g/mol. The molecule has 0 bridgehead atoms. The number of halogens is 2. The van der Waals surface area contributed by atoms with E-state index in [9.17, 15) is 8.78 Å². The third-order valence-corrected chi connectivity index (χ3v) is 4.38. The quantitative estimate of drug-likeness (QED) is 0.632. The molecule has 0 unspecified atom stereocenters. The molecule has 0 aromatic heterocycles. The van der Waals surface area contributed by atoms with Gasteiger partial charge in [-0.1, -0.05) is 30.3 Å². The predicted molar refractivity (Wildman–Crippen MR) is 100 cm³/mol. The van der Waals surface area contributed by atoms with Crippen LogP contribution >= 0.6 is 0 Å². The standard InChI is InChI=1S/C22H21F2NO/c1-15(18-4-3-5-20(24)13-18)25-14-16-6-11-22(26-2)21(12-16)17-7-9-19(23)10-8-17/h3-13,15,25H,14H2,1-2H3/t15-/m1/s1. The predicted octanol–water partition coefficient (Wildman–Crippen LogP) is 5.49. The smallest absolute Gasteiger partial charge is 0.126 e. The molecule has 0 spiro atoms. The first-order valence-corrected chi connectivity index (χ1v) is 8.48. The zero-order chi connectivity index (χ0) is 18.5. The number of ether oxygens (including phenoxy) is 1. The molecule has 0 saturated heterocycles. The van der Waals surface area contributed by atoms with Crippen LogP contribution in [0.5, 0.6) is 5.75 Å². The monoisotopic (exact) mass is 353 g/mol. The van der Waals surface area contributed by atoms with Gasteiger partial charge in [0, 0.05) is 18.2 Å². The third-order valence-electron chi connectivity index (χ3n) is 4.38. The number of nitrogens with one attached hydrogen (secondary N) is 1. The summed E-state index contributed by atoms with van der Waals surface area (Å²) in [5, 5.41) is 3.40. The van der Waals surface area contributed by atoms with Crippen molar-refractivity contribution in [2.45, 2.75) is 19.5 Å². The van der Waals surface area contributed by atoms with Gasteiger partial charge in [0.2, 0.25) is 0 Å². The maximum Gasteiger partial charge on any atom is 0.126 e. The van der Waals surface area contributed by atoms with E-state index in [1.165, 1.54) is 24.3 Å². The lowest BCUT2D eigenvalue weighted by Gasteiger charge is -2.16.